The van der Waals surface area contributed by atoms with Crippen LogP contribution in [0.25, 0.3) is 0 Å². The van der Waals surface area contributed by atoms with Crippen LogP contribution >= 0.6 is 0 Å². The first-order chi connectivity index (χ1) is 7.83. The average Bonchev–Trinajstić information content (AvgIpc) is 2.26. The van der Waals surface area contributed by atoms with Gasteiger partial charge in [-0.1, -0.05) is 20.8 Å². The van der Waals surface area contributed by atoms with Crippen LogP contribution < -0.4 is 5.32 Å². The Morgan fingerprint density at radius 3 is 2.18 bits per heavy atom. The highest BCUT2D eigenvalue weighted by molar-refractivity contribution is 5.80. The smallest absolute Gasteiger partial charge is 0.223 e. The lowest BCUT2D eigenvalue weighted by molar-refractivity contribution is -0.137. The molecule has 4 heteroatoms. The number of rotatable bonds is 2. The van der Waals surface area contributed by atoms with Crippen molar-refractivity contribution in [2.45, 2.75) is 40.0 Å². The van der Waals surface area contributed by atoms with Crippen molar-refractivity contribution in [3.63, 3.8) is 0 Å². The minimum absolute atomic E-state index is 0.0364. The number of hydrogen-bond donors (Lipinski definition) is 1. The lowest BCUT2D eigenvalue weighted by Crippen LogP contribution is -2.43. The van der Waals surface area contributed by atoms with Crippen LogP contribution in [-0.2, 0) is 9.59 Å². The number of nitrogens with zero attached hydrogens (tertiary/aromatic N) is 1. The Hall–Kier alpha value is -1.06. The van der Waals surface area contributed by atoms with E-state index in [1.165, 1.54) is 0 Å². The molecule has 0 aliphatic carbocycles. The molecule has 0 saturated carbocycles. The Morgan fingerprint density at radius 2 is 1.76 bits per heavy atom. The number of likely N-dealkylation sites (tertiary alicyclic amines) is 1. The first-order valence-corrected chi connectivity index (χ1v) is 6.33. The van der Waals surface area contributed by atoms with Gasteiger partial charge in [-0.25, -0.2) is 0 Å². The van der Waals surface area contributed by atoms with Crippen LogP contribution in [-0.4, -0.2) is 36.9 Å². The van der Waals surface area contributed by atoms with Gasteiger partial charge in [0.2, 0.25) is 11.8 Å². The normalized spacial score (nSPS) is 18.0. The molecule has 1 N–H and O–H groups in total. The molecular formula is C13H24N2O2. The molecule has 17 heavy (non-hydrogen) atoms. The van der Waals surface area contributed by atoms with Gasteiger partial charge < -0.3 is 10.2 Å². The van der Waals surface area contributed by atoms with Gasteiger partial charge in [0.1, 0.15) is 0 Å². The maximum Gasteiger partial charge on any atom is 0.223 e. The molecule has 1 saturated heterocycles. The third kappa shape index (κ3) is 4.36. The van der Waals surface area contributed by atoms with Crippen LogP contribution in [0.3, 0.4) is 0 Å². The molecule has 1 heterocycles. The molecule has 0 atom stereocenters. The molecular weight excluding hydrogens is 216 g/mol. The molecule has 1 aliphatic rings. The van der Waals surface area contributed by atoms with E-state index in [0.29, 0.717) is 19.5 Å². The summed E-state index contributed by atoms with van der Waals surface area (Å²) in [4.78, 5) is 25.3. The zero-order valence-corrected chi connectivity index (χ0v) is 11.4. The fourth-order valence-corrected chi connectivity index (χ4v) is 2.16. The maximum atomic E-state index is 12.0. The van der Waals surface area contributed by atoms with Gasteiger partial charge in [-0.2, -0.15) is 0 Å². The van der Waals surface area contributed by atoms with E-state index < -0.39 is 0 Å². The van der Waals surface area contributed by atoms with Crippen molar-refractivity contribution in [2.24, 2.45) is 11.3 Å². The molecule has 0 unspecified atom stereocenters. The summed E-state index contributed by atoms with van der Waals surface area (Å²) in [5.74, 6) is 0.402. The monoisotopic (exact) mass is 240 g/mol. The van der Waals surface area contributed by atoms with E-state index in [-0.39, 0.29) is 23.1 Å². The van der Waals surface area contributed by atoms with E-state index in [1.807, 2.05) is 4.90 Å². The first kappa shape index (κ1) is 14.0. The molecule has 0 aromatic rings. The summed E-state index contributed by atoms with van der Waals surface area (Å²) in [5.41, 5.74) is 0.0364. The number of nitrogens with one attached hydrogen (secondary N) is 1. The zero-order chi connectivity index (χ0) is 13.1. The molecule has 0 bridgehead atoms. The third-order valence-corrected chi connectivity index (χ3v) is 3.15. The standard InChI is InChI=1S/C13H24N2O2/c1-13(2,3)9-11(16)15-7-5-10(6-8-15)12(17)14-4/h10H,5-9H2,1-4H3,(H,14,17). The van der Waals surface area contributed by atoms with E-state index in [2.05, 4.69) is 26.1 Å². The highest BCUT2D eigenvalue weighted by atomic mass is 16.2. The van der Waals surface area contributed by atoms with Gasteiger partial charge >= 0.3 is 0 Å². The molecule has 1 rings (SSSR count). The molecule has 2 amide bonds. The van der Waals surface area contributed by atoms with Crippen LogP contribution in [0.5, 0.6) is 0 Å². The predicted octanol–water partition coefficient (Wildman–Crippen LogP) is 1.41. The lowest BCUT2D eigenvalue weighted by Gasteiger charge is -2.33. The van der Waals surface area contributed by atoms with Crippen LogP contribution in [0.15, 0.2) is 0 Å². The van der Waals surface area contributed by atoms with Gasteiger partial charge in [-0.3, -0.25) is 9.59 Å². The van der Waals surface area contributed by atoms with Crippen molar-refractivity contribution >= 4 is 11.8 Å². The summed E-state index contributed by atoms with van der Waals surface area (Å²) < 4.78 is 0. The van der Waals surface area contributed by atoms with E-state index in [4.69, 9.17) is 0 Å². The topological polar surface area (TPSA) is 49.4 Å². The Morgan fingerprint density at radius 1 is 1.24 bits per heavy atom. The third-order valence-electron chi connectivity index (χ3n) is 3.15. The largest absolute Gasteiger partial charge is 0.359 e. The Bertz CT molecular complexity index is 286. The zero-order valence-electron chi connectivity index (χ0n) is 11.4. The summed E-state index contributed by atoms with van der Waals surface area (Å²) >= 11 is 0. The fourth-order valence-electron chi connectivity index (χ4n) is 2.16. The van der Waals surface area contributed by atoms with Crippen LogP contribution in [0.1, 0.15) is 40.0 Å². The summed E-state index contributed by atoms with van der Waals surface area (Å²) in [6.45, 7) is 7.65. The van der Waals surface area contributed by atoms with Gasteiger partial charge in [0.05, 0.1) is 0 Å². The van der Waals surface area contributed by atoms with E-state index in [0.717, 1.165) is 12.8 Å². The number of amides is 2. The van der Waals surface area contributed by atoms with Crippen LogP contribution in [0.4, 0.5) is 0 Å². The van der Waals surface area contributed by atoms with Gasteiger partial charge in [0, 0.05) is 32.5 Å². The van der Waals surface area contributed by atoms with E-state index >= 15 is 0 Å². The second kappa shape index (κ2) is 5.52. The fraction of sp³-hybridized carbons (Fsp3) is 0.846. The average molecular weight is 240 g/mol. The van der Waals surface area contributed by atoms with E-state index in [1.54, 1.807) is 7.05 Å². The molecule has 1 aliphatic heterocycles. The quantitative estimate of drug-likeness (QED) is 0.793. The molecule has 4 nitrogen and oxygen atoms in total. The van der Waals surface area contributed by atoms with Crippen molar-refractivity contribution in [1.29, 1.82) is 0 Å². The van der Waals surface area contributed by atoms with Crippen molar-refractivity contribution in [3.05, 3.63) is 0 Å². The Kier molecular flexibility index (Phi) is 4.54. The first-order valence-electron chi connectivity index (χ1n) is 6.33. The minimum atomic E-state index is 0.0364. The molecule has 0 spiro atoms. The molecule has 1 fully saturated rings. The van der Waals surface area contributed by atoms with Crippen molar-refractivity contribution in [1.82, 2.24) is 10.2 Å². The van der Waals surface area contributed by atoms with Crippen LogP contribution in [0.2, 0.25) is 0 Å². The lowest BCUT2D eigenvalue weighted by atomic mass is 9.90. The second-order valence-corrected chi connectivity index (χ2v) is 6.01. The molecule has 0 radical (unpaired) electrons. The van der Waals surface area contributed by atoms with Crippen molar-refractivity contribution in [3.8, 4) is 0 Å². The highest BCUT2D eigenvalue weighted by Gasteiger charge is 2.28. The Balaban J connectivity index is 2.42. The highest BCUT2D eigenvalue weighted by Crippen LogP contribution is 2.23. The number of piperidine rings is 1. The predicted molar refractivity (Wildman–Crippen MR) is 67.4 cm³/mol. The number of carbonyl (C=O) groups is 2. The summed E-state index contributed by atoms with van der Waals surface area (Å²) in [6, 6.07) is 0. The maximum absolute atomic E-state index is 12.0. The Labute approximate surface area is 104 Å². The van der Waals surface area contributed by atoms with Crippen molar-refractivity contribution < 1.29 is 9.59 Å². The van der Waals surface area contributed by atoms with Gasteiger partial charge in [-0.15, -0.1) is 0 Å². The number of carbonyl (C=O) groups excluding carboxylic acids is 2. The summed E-state index contributed by atoms with van der Waals surface area (Å²) in [7, 11) is 1.67. The summed E-state index contributed by atoms with van der Waals surface area (Å²) in [5, 5.41) is 2.67. The number of hydrogen-bond acceptors (Lipinski definition) is 2. The van der Waals surface area contributed by atoms with E-state index in [9.17, 15) is 9.59 Å². The van der Waals surface area contributed by atoms with Crippen LogP contribution in [0, 0.1) is 11.3 Å². The van der Waals surface area contributed by atoms with Gasteiger partial charge in [0.25, 0.3) is 0 Å². The molecule has 98 valence electrons. The van der Waals surface area contributed by atoms with Crippen molar-refractivity contribution in [2.75, 3.05) is 20.1 Å². The SMILES string of the molecule is CNC(=O)C1CCN(C(=O)CC(C)(C)C)CC1. The van der Waals surface area contributed by atoms with Gasteiger partial charge in [0.15, 0.2) is 0 Å². The van der Waals surface area contributed by atoms with Gasteiger partial charge in [-0.05, 0) is 18.3 Å². The summed E-state index contributed by atoms with van der Waals surface area (Å²) in [6.07, 6.45) is 2.16. The second-order valence-electron chi connectivity index (χ2n) is 6.01. The molecule has 0 aromatic carbocycles. The molecule has 0 aromatic heterocycles. The minimum Gasteiger partial charge on any atom is -0.359 e.